The van der Waals surface area contributed by atoms with Gasteiger partial charge in [0.2, 0.25) is 0 Å². The summed E-state index contributed by atoms with van der Waals surface area (Å²) in [7, 11) is 0. The first-order chi connectivity index (χ1) is 14.5. The van der Waals surface area contributed by atoms with Crippen molar-refractivity contribution in [1.82, 2.24) is 0 Å². The monoisotopic (exact) mass is 415 g/mol. The smallest absolute Gasteiger partial charge is 0.342 e. The Kier molecular flexibility index (Phi) is 6.69. The first-order valence-electron chi connectivity index (χ1n) is 8.82. The van der Waals surface area contributed by atoms with Crippen molar-refractivity contribution >= 4 is 17.6 Å². The van der Waals surface area contributed by atoms with Gasteiger partial charge in [-0.1, -0.05) is 36.4 Å². The number of amides is 1. The number of para-hydroxylation sites is 2. The number of hydrogen-bond donors (Lipinski definition) is 1. The number of nitrogens with one attached hydrogen (secondary N) is 1. The van der Waals surface area contributed by atoms with Crippen LogP contribution >= 0.6 is 0 Å². The predicted octanol–water partition coefficient (Wildman–Crippen LogP) is 4.48. The van der Waals surface area contributed by atoms with Gasteiger partial charge in [-0.15, -0.1) is 0 Å². The summed E-state index contributed by atoms with van der Waals surface area (Å²) in [6, 6.07) is 15.1. The standard InChI is InChI=1S/C22H16F3NO4/c23-16-8-2-3-10-18(16)26-20(27)13-29-19-11-4-1-7-15(19)22(28)30-12-14-6-5-9-17(24)21(14)25/h1-11H,12-13H2,(H,26,27). The molecule has 0 atom stereocenters. The van der Waals surface area contributed by atoms with Crippen molar-refractivity contribution in [3.8, 4) is 5.75 Å². The number of carbonyl (C=O) groups is 2. The van der Waals surface area contributed by atoms with Gasteiger partial charge in [0, 0.05) is 5.56 Å². The van der Waals surface area contributed by atoms with Crippen LogP contribution in [0.25, 0.3) is 0 Å². The summed E-state index contributed by atoms with van der Waals surface area (Å²) in [4.78, 5) is 24.3. The highest BCUT2D eigenvalue weighted by molar-refractivity contribution is 5.94. The summed E-state index contributed by atoms with van der Waals surface area (Å²) in [6.07, 6.45) is 0. The van der Waals surface area contributed by atoms with E-state index in [0.29, 0.717) is 0 Å². The summed E-state index contributed by atoms with van der Waals surface area (Å²) < 4.78 is 50.9. The lowest BCUT2D eigenvalue weighted by Crippen LogP contribution is -2.21. The Bertz CT molecular complexity index is 1070. The van der Waals surface area contributed by atoms with Crippen LogP contribution in [0.2, 0.25) is 0 Å². The van der Waals surface area contributed by atoms with E-state index in [1.54, 1.807) is 18.2 Å². The summed E-state index contributed by atoms with van der Waals surface area (Å²) in [5, 5.41) is 2.36. The second kappa shape index (κ2) is 9.60. The van der Waals surface area contributed by atoms with Crippen LogP contribution in [-0.2, 0) is 16.1 Å². The summed E-state index contributed by atoms with van der Waals surface area (Å²) in [5.74, 6) is -4.17. The molecule has 0 radical (unpaired) electrons. The molecule has 0 aliphatic carbocycles. The van der Waals surface area contributed by atoms with Crippen LogP contribution in [0.15, 0.2) is 66.7 Å². The quantitative estimate of drug-likeness (QED) is 0.578. The van der Waals surface area contributed by atoms with Gasteiger partial charge in [0.05, 0.1) is 5.69 Å². The van der Waals surface area contributed by atoms with Gasteiger partial charge in [0.1, 0.15) is 23.7 Å². The van der Waals surface area contributed by atoms with Crippen molar-refractivity contribution in [3.05, 3.63) is 95.3 Å². The Balaban J connectivity index is 1.62. The molecule has 0 fully saturated rings. The van der Waals surface area contributed by atoms with Crippen LogP contribution in [0.4, 0.5) is 18.9 Å². The maximum Gasteiger partial charge on any atom is 0.342 e. The number of halogens is 3. The molecule has 154 valence electrons. The second-order valence-electron chi connectivity index (χ2n) is 6.10. The minimum Gasteiger partial charge on any atom is -0.483 e. The van der Waals surface area contributed by atoms with E-state index in [2.05, 4.69) is 5.32 Å². The van der Waals surface area contributed by atoms with Crippen molar-refractivity contribution in [1.29, 1.82) is 0 Å². The zero-order chi connectivity index (χ0) is 21.5. The maximum atomic E-state index is 13.7. The molecule has 1 N–H and O–H groups in total. The number of carbonyl (C=O) groups excluding carboxylic acids is 2. The average Bonchev–Trinajstić information content (AvgIpc) is 2.75. The molecule has 0 aliphatic rings. The molecule has 0 spiro atoms. The van der Waals surface area contributed by atoms with E-state index in [4.69, 9.17) is 9.47 Å². The van der Waals surface area contributed by atoms with E-state index in [1.165, 1.54) is 42.5 Å². The van der Waals surface area contributed by atoms with Crippen LogP contribution in [-0.4, -0.2) is 18.5 Å². The van der Waals surface area contributed by atoms with Crippen LogP contribution in [0.3, 0.4) is 0 Å². The molecule has 3 aromatic rings. The fraction of sp³-hybridized carbons (Fsp3) is 0.0909. The van der Waals surface area contributed by atoms with E-state index in [9.17, 15) is 22.8 Å². The zero-order valence-corrected chi connectivity index (χ0v) is 15.5. The molecular weight excluding hydrogens is 399 g/mol. The van der Waals surface area contributed by atoms with Crippen molar-refractivity contribution in [2.24, 2.45) is 0 Å². The third-order valence-corrected chi connectivity index (χ3v) is 4.00. The molecule has 0 unspecified atom stereocenters. The lowest BCUT2D eigenvalue weighted by Gasteiger charge is -2.12. The molecule has 5 nitrogen and oxygen atoms in total. The Morgan fingerprint density at radius 3 is 2.33 bits per heavy atom. The maximum absolute atomic E-state index is 13.7. The van der Waals surface area contributed by atoms with Crippen molar-refractivity contribution in [2.75, 3.05) is 11.9 Å². The molecule has 30 heavy (non-hydrogen) atoms. The SMILES string of the molecule is O=C(COc1ccccc1C(=O)OCc1cccc(F)c1F)Nc1ccccc1F. The Labute approximate surface area is 170 Å². The molecule has 3 rings (SSSR count). The Hall–Kier alpha value is -3.81. The highest BCUT2D eigenvalue weighted by Crippen LogP contribution is 2.21. The van der Waals surface area contributed by atoms with Crippen LogP contribution in [0.1, 0.15) is 15.9 Å². The van der Waals surface area contributed by atoms with Crippen molar-refractivity contribution in [3.63, 3.8) is 0 Å². The lowest BCUT2D eigenvalue weighted by molar-refractivity contribution is -0.118. The topological polar surface area (TPSA) is 64.6 Å². The highest BCUT2D eigenvalue weighted by atomic mass is 19.2. The normalized spacial score (nSPS) is 10.4. The van der Waals surface area contributed by atoms with Gasteiger partial charge in [-0.2, -0.15) is 0 Å². The van der Waals surface area contributed by atoms with Gasteiger partial charge in [0.15, 0.2) is 18.2 Å². The van der Waals surface area contributed by atoms with Gasteiger partial charge >= 0.3 is 5.97 Å². The Morgan fingerprint density at radius 1 is 0.833 bits per heavy atom. The third-order valence-electron chi connectivity index (χ3n) is 4.00. The molecule has 8 heteroatoms. The number of rotatable bonds is 7. The first-order valence-corrected chi connectivity index (χ1v) is 8.82. The molecule has 0 heterocycles. The van der Waals surface area contributed by atoms with Gasteiger partial charge in [-0.3, -0.25) is 4.79 Å². The fourth-order valence-corrected chi connectivity index (χ4v) is 2.53. The van der Waals surface area contributed by atoms with E-state index >= 15 is 0 Å². The van der Waals surface area contributed by atoms with Crippen LogP contribution in [0.5, 0.6) is 5.75 Å². The van der Waals surface area contributed by atoms with Gasteiger partial charge < -0.3 is 14.8 Å². The molecule has 0 aliphatic heterocycles. The minimum atomic E-state index is -1.10. The van der Waals surface area contributed by atoms with Crippen molar-refractivity contribution < 1.29 is 32.2 Å². The number of esters is 1. The molecule has 3 aromatic carbocycles. The molecule has 0 aromatic heterocycles. The fourth-order valence-electron chi connectivity index (χ4n) is 2.53. The van der Waals surface area contributed by atoms with Gasteiger partial charge in [-0.05, 0) is 30.3 Å². The average molecular weight is 415 g/mol. The van der Waals surface area contributed by atoms with Gasteiger partial charge in [-0.25, -0.2) is 18.0 Å². The van der Waals surface area contributed by atoms with Crippen molar-refractivity contribution in [2.45, 2.75) is 6.61 Å². The van der Waals surface area contributed by atoms with Gasteiger partial charge in [0.25, 0.3) is 5.91 Å². The van der Waals surface area contributed by atoms with E-state index in [-0.39, 0.29) is 22.6 Å². The zero-order valence-electron chi connectivity index (χ0n) is 15.5. The number of hydrogen-bond acceptors (Lipinski definition) is 4. The summed E-state index contributed by atoms with van der Waals surface area (Å²) in [5.41, 5.74) is -0.130. The highest BCUT2D eigenvalue weighted by Gasteiger charge is 2.17. The van der Waals surface area contributed by atoms with Crippen LogP contribution in [0, 0.1) is 17.5 Å². The van der Waals surface area contributed by atoms with E-state index in [1.807, 2.05) is 0 Å². The second-order valence-corrected chi connectivity index (χ2v) is 6.10. The summed E-state index contributed by atoms with van der Waals surface area (Å²) in [6.45, 7) is -0.971. The minimum absolute atomic E-state index is 0.00378. The molecule has 1 amide bonds. The number of benzene rings is 3. The van der Waals surface area contributed by atoms with Crippen LogP contribution < -0.4 is 10.1 Å². The predicted molar refractivity (Wildman–Crippen MR) is 102 cm³/mol. The lowest BCUT2D eigenvalue weighted by atomic mass is 10.2. The summed E-state index contributed by atoms with van der Waals surface area (Å²) >= 11 is 0. The molecular formula is C22H16F3NO4. The molecule has 0 saturated carbocycles. The van der Waals surface area contributed by atoms with E-state index in [0.717, 1.165) is 6.07 Å². The number of anilines is 1. The Morgan fingerprint density at radius 2 is 1.53 bits per heavy atom. The van der Waals surface area contributed by atoms with E-state index < -0.39 is 42.5 Å². The number of ether oxygens (including phenoxy) is 2. The third kappa shape index (κ3) is 5.16. The molecule has 0 saturated heterocycles. The largest absolute Gasteiger partial charge is 0.483 e. The first kappa shape index (κ1) is 20.9. The molecule has 0 bridgehead atoms.